The number of alkyl halides is 2. The van der Waals surface area contributed by atoms with Crippen molar-refractivity contribution < 1.29 is 23.1 Å². The molecule has 0 spiro atoms. The molecular formula is C27H28F2N6O3. The first-order valence-electron chi connectivity index (χ1n) is 12.1. The van der Waals surface area contributed by atoms with Gasteiger partial charge in [0.2, 0.25) is 0 Å². The van der Waals surface area contributed by atoms with E-state index in [0.717, 1.165) is 41.6 Å². The van der Waals surface area contributed by atoms with Crippen molar-refractivity contribution in [3.63, 3.8) is 0 Å². The summed E-state index contributed by atoms with van der Waals surface area (Å²) in [6.45, 7) is -0.528. The average molecular weight is 523 g/mol. The molecule has 2 heterocycles. The number of aldehydes is 1. The van der Waals surface area contributed by atoms with Crippen molar-refractivity contribution >= 4 is 29.3 Å². The van der Waals surface area contributed by atoms with E-state index in [1.54, 1.807) is 42.9 Å². The number of fused-ring (bicyclic) bond motifs is 1. The maximum Gasteiger partial charge on any atom is 0.387 e. The number of nitrogens with zero attached hydrogens (tertiary/aromatic N) is 3. The van der Waals surface area contributed by atoms with Crippen LogP contribution in [-0.4, -0.2) is 45.8 Å². The lowest BCUT2D eigenvalue weighted by atomic mass is 10.1. The van der Waals surface area contributed by atoms with Crippen molar-refractivity contribution in [2.75, 3.05) is 11.9 Å². The molecule has 2 aromatic heterocycles. The minimum Gasteiger partial charge on any atom is -0.435 e. The number of unbranched alkanes of at least 4 members (excludes halogenated alkanes) is 1. The number of benzene rings is 2. The van der Waals surface area contributed by atoms with Gasteiger partial charge >= 0.3 is 6.61 Å². The van der Waals surface area contributed by atoms with Gasteiger partial charge in [0, 0.05) is 35.8 Å². The summed E-state index contributed by atoms with van der Waals surface area (Å²) in [5, 5.41) is 6.15. The number of carbonyl (C=O) groups is 2. The number of aromatic nitrogens is 3. The molecular weight excluding hydrogens is 494 g/mol. The Balaban J connectivity index is 1.43. The Labute approximate surface area is 218 Å². The molecule has 0 aliphatic rings. The van der Waals surface area contributed by atoms with E-state index in [4.69, 9.17) is 5.73 Å². The van der Waals surface area contributed by atoms with Crippen molar-refractivity contribution in [2.24, 2.45) is 5.73 Å². The molecule has 0 saturated heterocycles. The Morgan fingerprint density at radius 1 is 1.16 bits per heavy atom. The highest BCUT2D eigenvalue weighted by Gasteiger charge is 2.13. The van der Waals surface area contributed by atoms with E-state index in [9.17, 15) is 18.4 Å². The maximum atomic E-state index is 12.6. The van der Waals surface area contributed by atoms with E-state index in [0.29, 0.717) is 30.0 Å². The Bertz CT molecular complexity index is 1410. The van der Waals surface area contributed by atoms with Crippen LogP contribution < -0.4 is 21.1 Å². The molecule has 0 aliphatic heterocycles. The predicted octanol–water partition coefficient (Wildman–Crippen LogP) is 4.48. The molecule has 4 rings (SSSR count). The number of anilines is 2. The van der Waals surface area contributed by atoms with Gasteiger partial charge in [0.05, 0.1) is 17.9 Å². The third-order valence-electron chi connectivity index (χ3n) is 5.96. The van der Waals surface area contributed by atoms with E-state index in [1.807, 2.05) is 17.4 Å². The number of nitrogens with two attached hydrogens (primary N) is 1. The van der Waals surface area contributed by atoms with Crippen LogP contribution >= 0.6 is 0 Å². The second kappa shape index (κ2) is 12.2. The standard InChI is InChI=1S/C27H28F2N6O3/c1-17-14-20(7-10-22(17)26(37)32-11-3-2-4-19(30)16-36)34-24-25-33-15-23(35(25)13-12-31-24)18-5-8-21(9-6-18)38-27(28)29/h5-10,12-16,19,27H,2-4,11,30H2,1H3,(H,31,34)(H,32,37). The van der Waals surface area contributed by atoms with Crippen LogP contribution in [0.25, 0.3) is 16.9 Å². The van der Waals surface area contributed by atoms with Gasteiger partial charge in [0.25, 0.3) is 5.91 Å². The fraction of sp³-hybridized carbons (Fsp3) is 0.259. The number of nitrogens with one attached hydrogen (secondary N) is 2. The molecule has 1 amide bonds. The normalized spacial score (nSPS) is 11.9. The Hall–Kier alpha value is -4.38. The molecule has 0 radical (unpaired) electrons. The van der Waals surface area contributed by atoms with Gasteiger partial charge in [0.15, 0.2) is 11.5 Å². The van der Waals surface area contributed by atoms with Crippen molar-refractivity contribution in [1.82, 2.24) is 19.7 Å². The number of rotatable bonds is 12. The smallest absolute Gasteiger partial charge is 0.387 e. The zero-order valence-electron chi connectivity index (χ0n) is 20.7. The SMILES string of the molecule is Cc1cc(Nc2nccn3c(-c4ccc(OC(F)F)cc4)cnc23)ccc1C(=O)NCCCCC(N)C=O. The van der Waals surface area contributed by atoms with Crippen LogP contribution in [0.5, 0.6) is 5.75 Å². The monoisotopic (exact) mass is 522 g/mol. The second-order valence-electron chi connectivity index (χ2n) is 8.72. The predicted molar refractivity (Wildman–Crippen MR) is 140 cm³/mol. The third kappa shape index (κ3) is 6.48. The summed E-state index contributed by atoms with van der Waals surface area (Å²) >= 11 is 0. The fourth-order valence-electron chi connectivity index (χ4n) is 4.03. The number of imidazole rings is 1. The highest BCUT2D eigenvalue weighted by Crippen LogP contribution is 2.27. The van der Waals surface area contributed by atoms with Gasteiger partial charge in [-0.2, -0.15) is 8.78 Å². The van der Waals surface area contributed by atoms with Crippen LogP contribution in [0.2, 0.25) is 0 Å². The summed E-state index contributed by atoms with van der Waals surface area (Å²) < 4.78 is 31.1. The van der Waals surface area contributed by atoms with Crippen LogP contribution in [0.15, 0.2) is 61.1 Å². The molecule has 4 N–H and O–H groups in total. The van der Waals surface area contributed by atoms with Crippen LogP contribution in [0.3, 0.4) is 0 Å². The lowest BCUT2D eigenvalue weighted by molar-refractivity contribution is -0.109. The summed E-state index contributed by atoms with van der Waals surface area (Å²) in [6, 6.07) is 11.3. The molecule has 1 unspecified atom stereocenters. The van der Waals surface area contributed by atoms with Gasteiger partial charge in [-0.1, -0.05) is 0 Å². The van der Waals surface area contributed by atoms with Gasteiger partial charge in [-0.25, -0.2) is 9.97 Å². The third-order valence-corrected chi connectivity index (χ3v) is 5.96. The molecule has 0 bridgehead atoms. The zero-order valence-corrected chi connectivity index (χ0v) is 20.7. The minimum atomic E-state index is -2.88. The summed E-state index contributed by atoms with van der Waals surface area (Å²) in [5.74, 6) is 0.423. The van der Waals surface area contributed by atoms with E-state index in [2.05, 4.69) is 25.3 Å². The molecule has 0 fully saturated rings. The Morgan fingerprint density at radius 2 is 1.95 bits per heavy atom. The van der Waals surface area contributed by atoms with E-state index in [-0.39, 0.29) is 11.7 Å². The molecule has 9 nitrogen and oxygen atoms in total. The topological polar surface area (TPSA) is 124 Å². The van der Waals surface area contributed by atoms with Crippen molar-refractivity contribution in [2.45, 2.75) is 38.8 Å². The summed E-state index contributed by atoms with van der Waals surface area (Å²) in [7, 11) is 0. The lowest BCUT2D eigenvalue weighted by Gasteiger charge is -2.12. The number of aryl methyl sites for hydroxylation is 1. The van der Waals surface area contributed by atoms with Gasteiger partial charge in [-0.15, -0.1) is 0 Å². The van der Waals surface area contributed by atoms with Gasteiger partial charge < -0.3 is 25.9 Å². The number of carbonyl (C=O) groups excluding carboxylic acids is 2. The molecule has 0 aliphatic carbocycles. The maximum absolute atomic E-state index is 12.6. The van der Waals surface area contributed by atoms with Crippen LogP contribution in [0.4, 0.5) is 20.3 Å². The highest BCUT2D eigenvalue weighted by atomic mass is 19.3. The first-order valence-corrected chi connectivity index (χ1v) is 12.1. The fourth-order valence-corrected chi connectivity index (χ4v) is 4.03. The second-order valence-corrected chi connectivity index (χ2v) is 8.72. The van der Waals surface area contributed by atoms with Crippen LogP contribution in [-0.2, 0) is 4.79 Å². The molecule has 11 heteroatoms. The number of hydrogen-bond donors (Lipinski definition) is 3. The van der Waals surface area contributed by atoms with E-state index >= 15 is 0 Å². The summed E-state index contributed by atoms with van der Waals surface area (Å²) in [6.07, 6.45) is 7.89. The first kappa shape index (κ1) is 26.7. The van der Waals surface area contributed by atoms with Crippen molar-refractivity contribution in [3.8, 4) is 17.0 Å². The average Bonchev–Trinajstić information content (AvgIpc) is 3.33. The number of ether oxygens (including phenoxy) is 1. The molecule has 198 valence electrons. The number of hydrogen-bond acceptors (Lipinski definition) is 7. The molecule has 38 heavy (non-hydrogen) atoms. The number of amides is 1. The van der Waals surface area contributed by atoms with Crippen LogP contribution in [0, 0.1) is 6.92 Å². The highest BCUT2D eigenvalue weighted by molar-refractivity contribution is 5.96. The quantitative estimate of drug-likeness (QED) is 0.185. The first-order chi connectivity index (χ1) is 18.4. The molecule has 1 atom stereocenters. The minimum absolute atomic E-state index is 0.0772. The summed E-state index contributed by atoms with van der Waals surface area (Å²) in [4.78, 5) is 32.1. The van der Waals surface area contributed by atoms with Crippen molar-refractivity contribution in [3.05, 3.63) is 72.2 Å². The van der Waals surface area contributed by atoms with E-state index in [1.165, 1.54) is 12.1 Å². The van der Waals surface area contributed by atoms with Gasteiger partial charge in [-0.3, -0.25) is 9.20 Å². The van der Waals surface area contributed by atoms with Crippen LogP contribution in [0.1, 0.15) is 35.2 Å². The lowest BCUT2D eigenvalue weighted by Crippen LogP contribution is -2.26. The largest absolute Gasteiger partial charge is 0.435 e. The Kier molecular flexibility index (Phi) is 8.59. The van der Waals surface area contributed by atoms with Gasteiger partial charge in [-0.05, 0) is 74.2 Å². The number of halogens is 2. The van der Waals surface area contributed by atoms with E-state index < -0.39 is 12.7 Å². The Morgan fingerprint density at radius 3 is 2.66 bits per heavy atom. The van der Waals surface area contributed by atoms with Crippen molar-refractivity contribution in [1.29, 1.82) is 0 Å². The van der Waals surface area contributed by atoms with Gasteiger partial charge in [0.1, 0.15) is 12.0 Å². The molecule has 2 aromatic carbocycles. The molecule has 0 saturated carbocycles. The zero-order chi connectivity index (χ0) is 27.1. The summed E-state index contributed by atoms with van der Waals surface area (Å²) in [5.41, 5.74) is 9.77. The molecule has 4 aromatic rings.